The normalized spacial score (nSPS) is 15.4. The highest BCUT2D eigenvalue weighted by molar-refractivity contribution is 5.87. The fourth-order valence-corrected chi connectivity index (χ4v) is 2.66. The second kappa shape index (κ2) is 6.89. The Kier molecular flexibility index (Phi) is 5.13. The first-order chi connectivity index (χ1) is 10.8. The van der Waals surface area contributed by atoms with Gasteiger partial charge in [-0.2, -0.15) is 0 Å². The van der Waals surface area contributed by atoms with E-state index >= 15 is 0 Å². The molecule has 0 atom stereocenters. The molecule has 126 valence electrons. The molecule has 6 nitrogen and oxygen atoms in total. The Labute approximate surface area is 137 Å². The summed E-state index contributed by atoms with van der Waals surface area (Å²) in [5, 5.41) is 0. The number of carbonyl (C=O) groups excluding carboxylic acids is 2. The molecule has 2 N–H and O–H groups in total. The minimum absolute atomic E-state index is 0.0199. The molecule has 0 aromatic heterocycles. The number of methoxy groups -OCH3 is 1. The van der Waals surface area contributed by atoms with Crippen molar-refractivity contribution in [1.29, 1.82) is 0 Å². The molecule has 1 aromatic rings. The molecule has 1 aliphatic heterocycles. The van der Waals surface area contributed by atoms with E-state index in [1.54, 1.807) is 25.9 Å². The Balaban J connectivity index is 1.96. The van der Waals surface area contributed by atoms with Gasteiger partial charge in [-0.05, 0) is 12.1 Å². The van der Waals surface area contributed by atoms with Crippen LogP contribution in [0.4, 0.5) is 5.69 Å². The number of nitrogens with zero attached hydrogens (tertiary/aromatic N) is 2. The second-order valence-corrected chi connectivity index (χ2v) is 6.46. The zero-order valence-electron chi connectivity index (χ0n) is 14.0. The molecule has 2 rings (SSSR count). The lowest BCUT2D eigenvalue weighted by Crippen LogP contribution is -2.50. The summed E-state index contributed by atoms with van der Waals surface area (Å²) in [6.07, 6.45) is 0.150. The summed E-state index contributed by atoms with van der Waals surface area (Å²) in [4.78, 5) is 27.7. The number of hydrogen-bond acceptors (Lipinski definition) is 4. The number of ether oxygens (including phenoxy) is 1. The second-order valence-electron chi connectivity index (χ2n) is 6.46. The molecule has 0 aliphatic carbocycles. The Morgan fingerprint density at radius 2 is 1.78 bits per heavy atom. The van der Waals surface area contributed by atoms with Gasteiger partial charge < -0.3 is 20.3 Å². The van der Waals surface area contributed by atoms with Gasteiger partial charge in [-0.1, -0.05) is 26.0 Å². The van der Waals surface area contributed by atoms with Crippen molar-refractivity contribution in [3.63, 3.8) is 0 Å². The van der Waals surface area contributed by atoms with Gasteiger partial charge in [-0.25, -0.2) is 0 Å². The SMILES string of the molecule is COc1ccccc1N1CCN(C(=O)CC(C)(C)C(N)=O)CC1. The fourth-order valence-electron chi connectivity index (χ4n) is 2.66. The zero-order chi connectivity index (χ0) is 17.0. The van der Waals surface area contributed by atoms with Crippen LogP contribution >= 0.6 is 0 Å². The van der Waals surface area contributed by atoms with E-state index in [4.69, 9.17) is 10.5 Å². The summed E-state index contributed by atoms with van der Waals surface area (Å²) in [5.74, 6) is 0.370. The average molecular weight is 319 g/mol. The van der Waals surface area contributed by atoms with Gasteiger partial charge in [-0.3, -0.25) is 9.59 Å². The van der Waals surface area contributed by atoms with Crippen molar-refractivity contribution < 1.29 is 14.3 Å². The van der Waals surface area contributed by atoms with Crippen molar-refractivity contribution in [2.24, 2.45) is 11.1 Å². The van der Waals surface area contributed by atoms with Gasteiger partial charge in [0.2, 0.25) is 11.8 Å². The van der Waals surface area contributed by atoms with E-state index < -0.39 is 11.3 Å². The first-order valence-electron chi connectivity index (χ1n) is 7.81. The summed E-state index contributed by atoms with van der Waals surface area (Å²) in [7, 11) is 1.66. The molecule has 0 unspecified atom stereocenters. The number of nitrogens with two attached hydrogens (primary N) is 1. The van der Waals surface area contributed by atoms with Crippen LogP contribution in [0, 0.1) is 5.41 Å². The Bertz CT molecular complexity index is 578. The summed E-state index contributed by atoms with van der Waals surface area (Å²) in [6.45, 7) is 6.15. The lowest BCUT2D eigenvalue weighted by molar-refractivity contribution is -0.138. The third kappa shape index (κ3) is 3.94. The lowest BCUT2D eigenvalue weighted by Gasteiger charge is -2.37. The van der Waals surface area contributed by atoms with Gasteiger partial charge in [0.1, 0.15) is 5.75 Å². The minimum Gasteiger partial charge on any atom is -0.495 e. The molecule has 0 saturated carbocycles. The summed E-state index contributed by atoms with van der Waals surface area (Å²) >= 11 is 0. The van der Waals surface area contributed by atoms with Crippen LogP contribution in [0.3, 0.4) is 0 Å². The quantitative estimate of drug-likeness (QED) is 0.886. The average Bonchev–Trinajstić information content (AvgIpc) is 2.54. The molecule has 0 bridgehead atoms. The molecule has 0 spiro atoms. The third-order valence-corrected chi connectivity index (χ3v) is 4.32. The predicted octanol–water partition coefficient (Wildman–Crippen LogP) is 1.25. The van der Waals surface area contributed by atoms with E-state index in [0.717, 1.165) is 24.5 Å². The van der Waals surface area contributed by atoms with Gasteiger partial charge in [0.05, 0.1) is 18.2 Å². The highest BCUT2D eigenvalue weighted by atomic mass is 16.5. The highest BCUT2D eigenvalue weighted by Crippen LogP contribution is 2.29. The fraction of sp³-hybridized carbons (Fsp3) is 0.529. The van der Waals surface area contributed by atoms with Gasteiger partial charge in [0.25, 0.3) is 0 Å². The summed E-state index contributed by atoms with van der Waals surface area (Å²) in [5.41, 5.74) is 5.58. The Hall–Kier alpha value is -2.24. The first-order valence-corrected chi connectivity index (χ1v) is 7.81. The number of benzene rings is 1. The molecule has 2 amide bonds. The molecule has 1 heterocycles. The maximum atomic E-state index is 12.4. The monoisotopic (exact) mass is 319 g/mol. The van der Waals surface area contributed by atoms with Crippen LogP contribution in [0.2, 0.25) is 0 Å². The predicted molar refractivity (Wildman–Crippen MR) is 89.4 cm³/mol. The lowest BCUT2D eigenvalue weighted by atomic mass is 9.88. The number of para-hydroxylation sites is 2. The number of carbonyl (C=O) groups is 2. The van der Waals surface area contributed by atoms with Gasteiger partial charge >= 0.3 is 0 Å². The topological polar surface area (TPSA) is 75.9 Å². The number of piperazine rings is 1. The van der Waals surface area contributed by atoms with Gasteiger partial charge in [0.15, 0.2) is 0 Å². The largest absolute Gasteiger partial charge is 0.495 e. The van der Waals surface area contributed by atoms with Gasteiger partial charge in [-0.15, -0.1) is 0 Å². The Morgan fingerprint density at radius 3 is 2.35 bits per heavy atom. The molecule has 1 fully saturated rings. The van der Waals surface area contributed by atoms with Crippen molar-refractivity contribution in [3.8, 4) is 5.75 Å². The smallest absolute Gasteiger partial charge is 0.223 e. The van der Waals surface area contributed by atoms with Crippen molar-refractivity contribution >= 4 is 17.5 Å². The number of anilines is 1. The van der Waals surface area contributed by atoms with Crippen LogP contribution < -0.4 is 15.4 Å². The van der Waals surface area contributed by atoms with Gasteiger partial charge in [0, 0.05) is 32.6 Å². The number of hydrogen-bond donors (Lipinski definition) is 1. The van der Waals surface area contributed by atoms with E-state index in [1.165, 1.54) is 0 Å². The molecule has 1 saturated heterocycles. The number of rotatable bonds is 5. The van der Waals surface area contributed by atoms with Crippen molar-refractivity contribution in [3.05, 3.63) is 24.3 Å². The molecule has 6 heteroatoms. The zero-order valence-corrected chi connectivity index (χ0v) is 14.0. The molecular formula is C17H25N3O3. The number of amides is 2. The van der Waals surface area contributed by atoms with E-state index in [2.05, 4.69) is 4.90 Å². The van der Waals surface area contributed by atoms with E-state index in [0.29, 0.717) is 13.1 Å². The van der Waals surface area contributed by atoms with Crippen molar-refractivity contribution in [2.75, 3.05) is 38.2 Å². The van der Waals surface area contributed by atoms with Crippen molar-refractivity contribution in [2.45, 2.75) is 20.3 Å². The van der Waals surface area contributed by atoms with E-state index in [-0.39, 0.29) is 12.3 Å². The number of primary amides is 1. The minimum atomic E-state index is -0.809. The maximum absolute atomic E-state index is 12.4. The molecule has 1 aliphatic rings. The molecular weight excluding hydrogens is 294 g/mol. The molecule has 1 aromatic carbocycles. The van der Waals surface area contributed by atoms with Crippen molar-refractivity contribution in [1.82, 2.24) is 4.90 Å². The molecule has 23 heavy (non-hydrogen) atoms. The van der Waals surface area contributed by atoms with E-state index in [1.807, 2.05) is 24.3 Å². The molecule has 0 radical (unpaired) electrons. The van der Waals surface area contributed by atoms with E-state index in [9.17, 15) is 9.59 Å². The standard InChI is InChI=1S/C17H25N3O3/c1-17(2,16(18)22)12-15(21)20-10-8-19(9-11-20)13-6-4-5-7-14(13)23-3/h4-7H,8-12H2,1-3H3,(H2,18,22). The Morgan fingerprint density at radius 1 is 1.17 bits per heavy atom. The highest BCUT2D eigenvalue weighted by Gasteiger charge is 2.31. The van der Waals surface area contributed by atoms with Crippen LogP contribution in [0.15, 0.2) is 24.3 Å². The van der Waals surface area contributed by atoms with Crippen LogP contribution in [0.1, 0.15) is 20.3 Å². The van der Waals surface area contributed by atoms with Crippen LogP contribution in [-0.2, 0) is 9.59 Å². The summed E-state index contributed by atoms with van der Waals surface area (Å²) < 4.78 is 5.39. The summed E-state index contributed by atoms with van der Waals surface area (Å²) in [6, 6.07) is 7.87. The third-order valence-electron chi connectivity index (χ3n) is 4.32. The van der Waals surface area contributed by atoms with Crippen LogP contribution in [0.25, 0.3) is 0 Å². The van der Waals surface area contributed by atoms with Crippen LogP contribution in [0.5, 0.6) is 5.75 Å². The van der Waals surface area contributed by atoms with Crippen LogP contribution in [-0.4, -0.2) is 50.0 Å². The first kappa shape index (κ1) is 17.1. The maximum Gasteiger partial charge on any atom is 0.223 e.